The molecule has 0 saturated heterocycles. The van der Waals surface area contributed by atoms with Crippen LogP contribution in [0.3, 0.4) is 0 Å². The molecule has 3 aromatic rings. The Morgan fingerprint density at radius 1 is 1.29 bits per heavy atom. The molecule has 124 valence electrons. The average Bonchev–Trinajstić information content (AvgIpc) is 3.08. The van der Waals surface area contributed by atoms with Crippen molar-refractivity contribution in [2.45, 2.75) is 26.3 Å². The molecule has 0 amide bonds. The molecular formula is C19H21N3O2. The number of methoxy groups -OCH3 is 1. The highest BCUT2D eigenvalue weighted by atomic mass is 16.5. The summed E-state index contributed by atoms with van der Waals surface area (Å²) in [5.41, 5.74) is 4.70. The van der Waals surface area contributed by atoms with E-state index < -0.39 is 0 Å². The number of carbonyl (C=O) groups is 1. The van der Waals surface area contributed by atoms with Gasteiger partial charge in [-0.2, -0.15) is 0 Å². The first-order chi connectivity index (χ1) is 11.6. The fraction of sp³-hybridized carbons (Fsp3) is 0.263. The molecular weight excluding hydrogens is 302 g/mol. The first kappa shape index (κ1) is 16.1. The van der Waals surface area contributed by atoms with Gasteiger partial charge in [-0.3, -0.25) is 0 Å². The molecule has 24 heavy (non-hydrogen) atoms. The third-order valence-electron chi connectivity index (χ3n) is 4.12. The van der Waals surface area contributed by atoms with E-state index in [-0.39, 0.29) is 5.97 Å². The van der Waals surface area contributed by atoms with E-state index >= 15 is 0 Å². The van der Waals surface area contributed by atoms with E-state index in [9.17, 15) is 4.79 Å². The number of hydrogen-bond acceptors (Lipinski definition) is 4. The summed E-state index contributed by atoms with van der Waals surface area (Å²) in [6.07, 6.45) is 3.68. The van der Waals surface area contributed by atoms with Crippen LogP contribution >= 0.6 is 0 Å². The number of aromatic amines is 1. The Bertz CT molecular complexity index is 868. The Kier molecular flexibility index (Phi) is 4.51. The minimum atomic E-state index is -0.328. The second-order valence-electron chi connectivity index (χ2n) is 6.01. The lowest BCUT2D eigenvalue weighted by molar-refractivity contribution is 0.0601. The molecule has 0 unspecified atom stereocenters. The molecule has 0 saturated carbocycles. The predicted molar refractivity (Wildman–Crippen MR) is 95.3 cm³/mol. The number of fused-ring (bicyclic) bond motifs is 1. The highest BCUT2D eigenvalue weighted by Crippen LogP contribution is 2.27. The van der Waals surface area contributed by atoms with Crippen molar-refractivity contribution in [1.82, 2.24) is 9.97 Å². The van der Waals surface area contributed by atoms with Crippen molar-refractivity contribution in [3.8, 4) is 0 Å². The summed E-state index contributed by atoms with van der Waals surface area (Å²) in [6.45, 7) is 4.92. The molecule has 0 aliphatic carbocycles. The summed E-state index contributed by atoms with van der Waals surface area (Å²) in [5, 5.41) is 4.56. The van der Waals surface area contributed by atoms with Crippen molar-refractivity contribution >= 4 is 22.7 Å². The zero-order chi connectivity index (χ0) is 17.1. The Labute approximate surface area is 141 Å². The topological polar surface area (TPSA) is 67.0 Å². The minimum Gasteiger partial charge on any atom is -0.465 e. The van der Waals surface area contributed by atoms with Gasteiger partial charge in [0.15, 0.2) is 0 Å². The van der Waals surface area contributed by atoms with Gasteiger partial charge >= 0.3 is 5.97 Å². The summed E-state index contributed by atoms with van der Waals surface area (Å²) < 4.78 is 4.82. The minimum absolute atomic E-state index is 0.328. The highest BCUT2D eigenvalue weighted by Gasteiger charge is 2.12. The van der Waals surface area contributed by atoms with Crippen LogP contribution in [-0.4, -0.2) is 23.0 Å². The number of aromatic nitrogens is 2. The molecule has 0 spiro atoms. The summed E-state index contributed by atoms with van der Waals surface area (Å²) in [5.74, 6) is 0.0224. The fourth-order valence-electron chi connectivity index (χ4n) is 2.82. The number of H-pyrrole nitrogens is 1. The average molecular weight is 323 g/mol. The van der Waals surface area contributed by atoms with Gasteiger partial charge < -0.3 is 15.0 Å². The molecule has 3 rings (SSSR count). The molecule has 0 radical (unpaired) electrons. The van der Waals surface area contributed by atoms with Gasteiger partial charge in [0.25, 0.3) is 0 Å². The van der Waals surface area contributed by atoms with Crippen molar-refractivity contribution in [3.05, 3.63) is 59.4 Å². The van der Waals surface area contributed by atoms with Crippen LogP contribution in [0.5, 0.6) is 0 Å². The van der Waals surface area contributed by atoms with Crippen LogP contribution in [0.15, 0.2) is 42.7 Å². The lowest BCUT2D eigenvalue weighted by atomic mass is 9.99. The van der Waals surface area contributed by atoms with E-state index in [2.05, 4.69) is 29.1 Å². The number of pyridine rings is 1. The maximum Gasteiger partial charge on any atom is 0.337 e. The van der Waals surface area contributed by atoms with Gasteiger partial charge in [-0.05, 0) is 41.3 Å². The van der Waals surface area contributed by atoms with E-state index in [4.69, 9.17) is 4.74 Å². The quantitative estimate of drug-likeness (QED) is 0.694. The molecule has 5 nitrogen and oxygen atoms in total. The summed E-state index contributed by atoms with van der Waals surface area (Å²) in [6, 6.07) is 9.67. The van der Waals surface area contributed by atoms with Crippen LogP contribution in [0.2, 0.25) is 0 Å². The third-order valence-corrected chi connectivity index (χ3v) is 4.12. The number of benzene rings is 1. The number of ether oxygens (including phenoxy) is 1. The summed E-state index contributed by atoms with van der Waals surface area (Å²) in [7, 11) is 1.39. The van der Waals surface area contributed by atoms with E-state index in [1.807, 2.05) is 36.5 Å². The lowest BCUT2D eigenvalue weighted by Crippen LogP contribution is -2.07. The zero-order valence-electron chi connectivity index (χ0n) is 14.1. The normalized spacial score (nSPS) is 11.0. The number of esters is 1. The van der Waals surface area contributed by atoms with Crippen molar-refractivity contribution in [2.75, 3.05) is 12.4 Å². The molecule has 0 atom stereocenters. The Balaban J connectivity index is 1.90. The fourth-order valence-corrected chi connectivity index (χ4v) is 2.82. The molecule has 0 aliphatic rings. The first-order valence-corrected chi connectivity index (χ1v) is 7.97. The molecule has 0 fully saturated rings. The van der Waals surface area contributed by atoms with E-state index in [0.29, 0.717) is 18.0 Å². The number of nitrogens with one attached hydrogen (secondary N) is 2. The van der Waals surface area contributed by atoms with Gasteiger partial charge in [0.2, 0.25) is 0 Å². The molecule has 0 bridgehead atoms. The maximum atomic E-state index is 11.8. The van der Waals surface area contributed by atoms with Crippen LogP contribution in [0.4, 0.5) is 5.69 Å². The van der Waals surface area contributed by atoms with Gasteiger partial charge in [0, 0.05) is 30.0 Å². The molecule has 2 heterocycles. The first-order valence-electron chi connectivity index (χ1n) is 7.97. The van der Waals surface area contributed by atoms with E-state index in [1.165, 1.54) is 12.7 Å². The smallest absolute Gasteiger partial charge is 0.337 e. The zero-order valence-corrected chi connectivity index (χ0v) is 14.1. The van der Waals surface area contributed by atoms with E-state index in [0.717, 1.165) is 22.3 Å². The number of carbonyl (C=O) groups excluding carboxylic acids is 1. The molecule has 0 aliphatic heterocycles. The van der Waals surface area contributed by atoms with Crippen LogP contribution < -0.4 is 5.32 Å². The second kappa shape index (κ2) is 6.74. The van der Waals surface area contributed by atoms with Crippen molar-refractivity contribution in [1.29, 1.82) is 0 Å². The summed E-state index contributed by atoms with van der Waals surface area (Å²) in [4.78, 5) is 19.2. The maximum absolute atomic E-state index is 11.8. The van der Waals surface area contributed by atoms with Crippen molar-refractivity contribution < 1.29 is 9.53 Å². The van der Waals surface area contributed by atoms with Crippen molar-refractivity contribution in [2.24, 2.45) is 0 Å². The number of anilines is 1. The Hall–Kier alpha value is -2.82. The monoisotopic (exact) mass is 323 g/mol. The van der Waals surface area contributed by atoms with Gasteiger partial charge in [0.05, 0.1) is 12.7 Å². The molecule has 1 aromatic carbocycles. The van der Waals surface area contributed by atoms with Crippen LogP contribution in [0, 0.1) is 0 Å². The Morgan fingerprint density at radius 2 is 2.12 bits per heavy atom. The molecule has 2 N–H and O–H groups in total. The van der Waals surface area contributed by atoms with Gasteiger partial charge in [0.1, 0.15) is 5.65 Å². The SMILES string of the molecule is COC(=O)c1ccc(C(C)C)c(NCc2ccnc3[nH]ccc23)c1. The van der Waals surface area contributed by atoms with E-state index in [1.54, 1.807) is 6.20 Å². The largest absolute Gasteiger partial charge is 0.465 e. The highest BCUT2D eigenvalue weighted by molar-refractivity contribution is 5.91. The van der Waals surface area contributed by atoms with Crippen molar-refractivity contribution in [3.63, 3.8) is 0 Å². The predicted octanol–water partition coefficient (Wildman–Crippen LogP) is 4.09. The van der Waals surface area contributed by atoms with Crippen LogP contribution in [0.1, 0.15) is 41.3 Å². The molecule has 5 heteroatoms. The van der Waals surface area contributed by atoms with Crippen LogP contribution in [-0.2, 0) is 11.3 Å². The van der Waals surface area contributed by atoms with Crippen LogP contribution in [0.25, 0.3) is 11.0 Å². The Morgan fingerprint density at radius 3 is 2.88 bits per heavy atom. The summed E-state index contributed by atoms with van der Waals surface area (Å²) >= 11 is 0. The second-order valence-corrected chi connectivity index (χ2v) is 6.01. The number of nitrogens with zero attached hydrogens (tertiary/aromatic N) is 1. The third kappa shape index (κ3) is 3.11. The van der Waals surface area contributed by atoms with Gasteiger partial charge in [-0.15, -0.1) is 0 Å². The number of hydrogen-bond donors (Lipinski definition) is 2. The standard InChI is InChI=1S/C19H21N3O2/c1-12(2)15-5-4-13(19(23)24-3)10-17(15)22-11-14-6-8-20-18-16(14)7-9-21-18/h4-10,12,22H,11H2,1-3H3,(H,20,21). The molecule has 2 aromatic heterocycles. The lowest BCUT2D eigenvalue weighted by Gasteiger charge is -2.16. The van der Waals surface area contributed by atoms with Gasteiger partial charge in [-0.1, -0.05) is 19.9 Å². The number of rotatable bonds is 5. The van der Waals surface area contributed by atoms with Gasteiger partial charge in [-0.25, -0.2) is 9.78 Å².